The zero-order chi connectivity index (χ0) is 19.3. The summed E-state index contributed by atoms with van der Waals surface area (Å²) in [6.07, 6.45) is 1.04. The number of hydrogen-bond acceptors (Lipinski definition) is 0. The van der Waals surface area contributed by atoms with E-state index in [0.29, 0.717) is 5.92 Å². The molecule has 0 saturated carbocycles. The SMILES string of the molecule is Cc1ccc(-c2ccc(CC(C)c3ccccc3)cc2-c2ccccc2)cc1. The van der Waals surface area contributed by atoms with Crippen molar-refractivity contribution in [2.24, 2.45) is 0 Å². The summed E-state index contributed by atoms with van der Waals surface area (Å²) in [4.78, 5) is 0. The Labute approximate surface area is 168 Å². The molecule has 1 atom stereocenters. The second-order valence-electron chi connectivity index (χ2n) is 7.63. The topological polar surface area (TPSA) is 0 Å². The fourth-order valence-electron chi connectivity index (χ4n) is 3.81. The predicted octanol–water partition coefficient (Wildman–Crippen LogP) is 7.68. The quantitative estimate of drug-likeness (QED) is 0.341. The fraction of sp³-hybridized carbons (Fsp3) is 0.143. The summed E-state index contributed by atoms with van der Waals surface area (Å²) in [5.41, 5.74) is 9.21. The lowest BCUT2D eigenvalue weighted by Crippen LogP contribution is -1.99. The standard InChI is InChI=1S/C28H26/c1-21-13-16-26(17-14-21)27-18-15-23(19-22(2)24-9-5-3-6-10-24)20-28(27)25-11-7-4-8-12-25/h3-18,20,22H,19H2,1-2H3. The van der Waals surface area contributed by atoms with E-state index in [1.165, 1.54) is 38.9 Å². The molecule has 1 unspecified atom stereocenters. The first-order chi connectivity index (χ1) is 13.7. The summed E-state index contributed by atoms with van der Waals surface area (Å²) < 4.78 is 0. The van der Waals surface area contributed by atoms with Gasteiger partial charge in [0.05, 0.1) is 0 Å². The summed E-state index contributed by atoms with van der Waals surface area (Å²) in [6, 6.07) is 37.3. The molecule has 138 valence electrons. The first kappa shape index (κ1) is 18.3. The maximum atomic E-state index is 2.38. The minimum Gasteiger partial charge on any atom is -0.0622 e. The first-order valence-corrected chi connectivity index (χ1v) is 10.0. The molecule has 0 radical (unpaired) electrons. The van der Waals surface area contributed by atoms with Crippen LogP contribution in [0.2, 0.25) is 0 Å². The second-order valence-corrected chi connectivity index (χ2v) is 7.63. The van der Waals surface area contributed by atoms with Gasteiger partial charge in [-0.05, 0) is 52.6 Å². The molecule has 0 spiro atoms. The van der Waals surface area contributed by atoms with Gasteiger partial charge in [-0.1, -0.05) is 116 Å². The maximum Gasteiger partial charge on any atom is -0.0103 e. The van der Waals surface area contributed by atoms with Crippen molar-refractivity contribution in [1.82, 2.24) is 0 Å². The maximum absolute atomic E-state index is 2.38. The lowest BCUT2D eigenvalue weighted by atomic mass is 9.88. The van der Waals surface area contributed by atoms with Crippen molar-refractivity contribution in [3.05, 3.63) is 120 Å². The van der Waals surface area contributed by atoms with Crippen molar-refractivity contribution in [1.29, 1.82) is 0 Å². The van der Waals surface area contributed by atoms with Crippen LogP contribution in [-0.2, 0) is 6.42 Å². The molecule has 4 aromatic rings. The van der Waals surface area contributed by atoms with Crippen LogP contribution in [-0.4, -0.2) is 0 Å². The van der Waals surface area contributed by atoms with Crippen LogP contribution in [0, 0.1) is 6.92 Å². The van der Waals surface area contributed by atoms with Crippen LogP contribution in [0.1, 0.15) is 29.5 Å². The number of aryl methyl sites for hydroxylation is 1. The Morgan fingerprint density at radius 1 is 0.607 bits per heavy atom. The van der Waals surface area contributed by atoms with Gasteiger partial charge in [-0.2, -0.15) is 0 Å². The molecule has 0 aliphatic rings. The lowest BCUT2D eigenvalue weighted by Gasteiger charge is -2.16. The largest absolute Gasteiger partial charge is 0.0622 e. The molecule has 0 bridgehead atoms. The van der Waals surface area contributed by atoms with Crippen LogP contribution in [0.4, 0.5) is 0 Å². The van der Waals surface area contributed by atoms with Gasteiger partial charge in [-0.3, -0.25) is 0 Å². The number of rotatable bonds is 5. The van der Waals surface area contributed by atoms with E-state index in [2.05, 4.69) is 117 Å². The summed E-state index contributed by atoms with van der Waals surface area (Å²) in [5.74, 6) is 0.495. The number of benzene rings is 4. The molecule has 0 nitrogen and oxygen atoms in total. The van der Waals surface area contributed by atoms with Gasteiger partial charge >= 0.3 is 0 Å². The van der Waals surface area contributed by atoms with Crippen molar-refractivity contribution in [2.45, 2.75) is 26.2 Å². The molecule has 0 heterocycles. The van der Waals surface area contributed by atoms with E-state index in [1.807, 2.05) is 0 Å². The van der Waals surface area contributed by atoms with Gasteiger partial charge in [0, 0.05) is 0 Å². The van der Waals surface area contributed by atoms with Crippen LogP contribution in [0.25, 0.3) is 22.3 Å². The van der Waals surface area contributed by atoms with Crippen molar-refractivity contribution in [3.63, 3.8) is 0 Å². The summed E-state index contributed by atoms with van der Waals surface area (Å²) in [5, 5.41) is 0. The fourth-order valence-corrected chi connectivity index (χ4v) is 3.81. The van der Waals surface area contributed by atoms with Gasteiger partial charge in [0.15, 0.2) is 0 Å². The summed E-state index contributed by atoms with van der Waals surface area (Å²) in [6.45, 7) is 4.45. The normalized spacial score (nSPS) is 11.9. The van der Waals surface area contributed by atoms with Crippen LogP contribution < -0.4 is 0 Å². The highest BCUT2D eigenvalue weighted by atomic mass is 14.2. The van der Waals surface area contributed by atoms with Gasteiger partial charge in [-0.25, -0.2) is 0 Å². The monoisotopic (exact) mass is 362 g/mol. The minimum absolute atomic E-state index is 0.495. The highest BCUT2D eigenvalue weighted by molar-refractivity contribution is 5.84. The van der Waals surface area contributed by atoms with Gasteiger partial charge in [0.2, 0.25) is 0 Å². The molecule has 0 aliphatic heterocycles. The van der Waals surface area contributed by atoms with Gasteiger partial charge < -0.3 is 0 Å². The zero-order valence-electron chi connectivity index (χ0n) is 16.6. The lowest BCUT2D eigenvalue weighted by molar-refractivity contribution is 0.759. The van der Waals surface area contributed by atoms with Gasteiger partial charge in [0.25, 0.3) is 0 Å². The predicted molar refractivity (Wildman–Crippen MR) is 121 cm³/mol. The molecule has 28 heavy (non-hydrogen) atoms. The van der Waals surface area contributed by atoms with E-state index < -0.39 is 0 Å². The van der Waals surface area contributed by atoms with E-state index in [1.54, 1.807) is 0 Å². The molecule has 0 N–H and O–H groups in total. The molecule has 0 heteroatoms. The van der Waals surface area contributed by atoms with Gasteiger partial charge in [0.1, 0.15) is 0 Å². The molecule has 4 rings (SSSR count). The Balaban J connectivity index is 1.73. The highest BCUT2D eigenvalue weighted by Crippen LogP contribution is 2.34. The summed E-state index contributed by atoms with van der Waals surface area (Å²) in [7, 11) is 0. The highest BCUT2D eigenvalue weighted by Gasteiger charge is 2.11. The van der Waals surface area contributed by atoms with E-state index in [4.69, 9.17) is 0 Å². The Morgan fingerprint density at radius 3 is 1.89 bits per heavy atom. The second kappa shape index (κ2) is 8.27. The molecular formula is C28H26. The molecule has 0 saturated heterocycles. The Kier molecular flexibility index (Phi) is 5.39. The third-order valence-electron chi connectivity index (χ3n) is 5.44. The smallest absolute Gasteiger partial charge is 0.0103 e. The molecule has 0 amide bonds. The van der Waals surface area contributed by atoms with Crippen molar-refractivity contribution in [3.8, 4) is 22.3 Å². The Hall–Kier alpha value is -3.12. The van der Waals surface area contributed by atoms with Crippen LogP contribution >= 0.6 is 0 Å². The molecule has 0 aliphatic carbocycles. The third-order valence-corrected chi connectivity index (χ3v) is 5.44. The molecule has 0 aromatic heterocycles. The third kappa shape index (κ3) is 4.07. The van der Waals surface area contributed by atoms with E-state index in [0.717, 1.165) is 6.42 Å². The van der Waals surface area contributed by atoms with E-state index >= 15 is 0 Å². The van der Waals surface area contributed by atoms with Crippen LogP contribution in [0.5, 0.6) is 0 Å². The first-order valence-electron chi connectivity index (χ1n) is 10.0. The van der Waals surface area contributed by atoms with Crippen molar-refractivity contribution < 1.29 is 0 Å². The minimum atomic E-state index is 0.495. The van der Waals surface area contributed by atoms with Crippen molar-refractivity contribution in [2.75, 3.05) is 0 Å². The van der Waals surface area contributed by atoms with E-state index in [-0.39, 0.29) is 0 Å². The van der Waals surface area contributed by atoms with Crippen molar-refractivity contribution >= 4 is 0 Å². The zero-order valence-corrected chi connectivity index (χ0v) is 16.6. The summed E-state index contributed by atoms with van der Waals surface area (Å²) >= 11 is 0. The van der Waals surface area contributed by atoms with Crippen LogP contribution in [0.15, 0.2) is 103 Å². The average molecular weight is 363 g/mol. The number of hydrogen-bond donors (Lipinski definition) is 0. The molecule has 0 fully saturated rings. The Morgan fingerprint density at radius 2 is 1.21 bits per heavy atom. The van der Waals surface area contributed by atoms with Crippen LogP contribution in [0.3, 0.4) is 0 Å². The van der Waals surface area contributed by atoms with E-state index in [9.17, 15) is 0 Å². The average Bonchev–Trinajstić information content (AvgIpc) is 2.76. The Bertz CT molecular complexity index is 1030. The molecule has 4 aromatic carbocycles. The van der Waals surface area contributed by atoms with Gasteiger partial charge in [-0.15, -0.1) is 0 Å². The molecular weight excluding hydrogens is 336 g/mol.